The van der Waals surface area contributed by atoms with Crippen molar-refractivity contribution in [1.29, 1.82) is 0 Å². The number of hydrogen-bond donors (Lipinski definition) is 2. The van der Waals surface area contributed by atoms with Crippen LogP contribution in [0.1, 0.15) is 20.3 Å². The summed E-state index contributed by atoms with van der Waals surface area (Å²) in [6.45, 7) is 6.64. The van der Waals surface area contributed by atoms with Crippen LogP contribution < -0.4 is 0 Å². The van der Waals surface area contributed by atoms with Crippen molar-refractivity contribution in [2.75, 3.05) is 0 Å². The van der Waals surface area contributed by atoms with Crippen molar-refractivity contribution in [1.82, 2.24) is 0 Å². The summed E-state index contributed by atoms with van der Waals surface area (Å²) < 4.78 is 0. The van der Waals surface area contributed by atoms with Crippen LogP contribution in [0.5, 0.6) is 0 Å². The van der Waals surface area contributed by atoms with Crippen LogP contribution in [-0.4, -0.2) is 16.0 Å². The second-order valence-electron chi connectivity index (χ2n) is 2.28. The highest BCUT2D eigenvalue weighted by Crippen LogP contribution is 2.14. The lowest BCUT2D eigenvalue weighted by atomic mass is 10.0. The van der Waals surface area contributed by atoms with Crippen LogP contribution in [0.3, 0.4) is 0 Å². The summed E-state index contributed by atoms with van der Waals surface area (Å²) in [5, 5.41) is 17.6. The summed E-state index contributed by atoms with van der Waals surface area (Å²) in [4.78, 5) is 0. The molecule has 1 radical (unpaired) electrons. The Balaban J connectivity index is 3.62. The van der Waals surface area contributed by atoms with Gasteiger partial charge in [-0.1, -0.05) is 13.8 Å². The molecule has 1 unspecified atom stereocenters. The van der Waals surface area contributed by atoms with Gasteiger partial charge in [0.25, 0.3) is 0 Å². The van der Waals surface area contributed by atoms with Crippen molar-refractivity contribution in [3.63, 3.8) is 0 Å². The minimum Gasteiger partial charge on any atom is -0.366 e. The molecule has 2 N–H and O–H groups in total. The average molecular weight is 117 g/mol. The smallest absolute Gasteiger partial charge is 0.162 e. The average Bonchev–Trinajstić information content (AvgIpc) is 1.62. The molecule has 2 nitrogen and oxygen atoms in total. The zero-order valence-electron chi connectivity index (χ0n) is 5.39. The lowest BCUT2D eigenvalue weighted by molar-refractivity contribution is -0.179. The van der Waals surface area contributed by atoms with Gasteiger partial charge >= 0.3 is 0 Å². The van der Waals surface area contributed by atoms with Crippen molar-refractivity contribution >= 4 is 0 Å². The van der Waals surface area contributed by atoms with Crippen LogP contribution in [0.2, 0.25) is 0 Å². The van der Waals surface area contributed by atoms with Gasteiger partial charge in [0.15, 0.2) is 5.79 Å². The van der Waals surface area contributed by atoms with Crippen LogP contribution >= 0.6 is 0 Å². The Hall–Kier alpha value is -0.0800. The first-order valence-corrected chi connectivity index (χ1v) is 2.72. The van der Waals surface area contributed by atoms with Gasteiger partial charge in [-0.2, -0.15) is 0 Å². The maximum Gasteiger partial charge on any atom is 0.162 e. The summed E-state index contributed by atoms with van der Waals surface area (Å²) >= 11 is 0. The van der Waals surface area contributed by atoms with E-state index < -0.39 is 5.79 Å². The first-order chi connectivity index (χ1) is 3.48. The fraction of sp³-hybridized carbons (Fsp3) is 0.833. The van der Waals surface area contributed by atoms with Gasteiger partial charge in [-0.15, -0.1) is 0 Å². The molecule has 0 aromatic carbocycles. The van der Waals surface area contributed by atoms with Gasteiger partial charge in [-0.3, -0.25) is 0 Å². The quantitative estimate of drug-likeness (QED) is 0.518. The van der Waals surface area contributed by atoms with E-state index in [4.69, 9.17) is 10.2 Å². The van der Waals surface area contributed by atoms with Gasteiger partial charge in [-0.25, -0.2) is 0 Å². The Labute approximate surface area is 50.2 Å². The van der Waals surface area contributed by atoms with Crippen molar-refractivity contribution in [3.8, 4) is 0 Å². The van der Waals surface area contributed by atoms with Gasteiger partial charge < -0.3 is 10.2 Å². The minimum absolute atomic E-state index is 0.150. The van der Waals surface area contributed by atoms with Crippen molar-refractivity contribution < 1.29 is 10.2 Å². The predicted octanol–water partition coefficient (Wildman–Crippen LogP) is 0.547. The highest BCUT2D eigenvalue weighted by Gasteiger charge is 2.22. The second kappa shape index (κ2) is 2.46. The highest BCUT2D eigenvalue weighted by atomic mass is 16.5. The monoisotopic (exact) mass is 117 g/mol. The zero-order chi connectivity index (χ0) is 6.78. The molecule has 49 valence electrons. The molecule has 0 saturated carbocycles. The molecule has 0 rings (SSSR count). The van der Waals surface area contributed by atoms with Crippen molar-refractivity contribution in [3.05, 3.63) is 6.92 Å². The van der Waals surface area contributed by atoms with Gasteiger partial charge in [0, 0.05) is 5.92 Å². The lowest BCUT2D eigenvalue weighted by Gasteiger charge is -2.22. The molecule has 0 heterocycles. The summed E-state index contributed by atoms with van der Waals surface area (Å²) in [7, 11) is 0. The van der Waals surface area contributed by atoms with E-state index in [2.05, 4.69) is 6.92 Å². The third-order valence-electron chi connectivity index (χ3n) is 1.37. The fourth-order valence-electron chi connectivity index (χ4n) is 0.273. The van der Waals surface area contributed by atoms with Gasteiger partial charge in [0.2, 0.25) is 0 Å². The molecule has 0 aliphatic rings. The molecular formula is C6H13O2. The van der Waals surface area contributed by atoms with Crippen LogP contribution in [-0.2, 0) is 0 Å². The zero-order valence-corrected chi connectivity index (χ0v) is 5.39. The molecular weight excluding hydrogens is 104 g/mol. The Morgan fingerprint density at radius 3 is 2.00 bits per heavy atom. The molecule has 0 saturated heterocycles. The molecule has 2 heteroatoms. The van der Waals surface area contributed by atoms with Crippen molar-refractivity contribution in [2.24, 2.45) is 5.92 Å². The first kappa shape index (κ1) is 7.92. The lowest BCUT2D eigenvalue weighted by Crippen LogP contribution is -2.31. The molecule has 0 bridgehead atoms. The van der Waals surface area contributed by atoms with Crippen LogP contribution in [0.4, 0.5) is 0 Å². The Kier molecular flexibility index (Phi) is 2.44. The molecule has 0 spiro atoms. The molecule has 8 heavy (non-hydrogen) atoms. The maximum absolute atomic E-state index is 8.80. The van der Waals surface area contributed by atoms with Crippen LogP contribution in [0.15, 0.2) is 0 Å². The Morgan fingerprint density at radius 2 is 2.00 bits per heavy atom. The topological polar surface area (TPSA) is 40.5 Å². The minimum atomic E-state index is -1.55. The molecule has 0 aliphatic carbocycles. The predicted molar refractivity (Wildman–Crippen MR) is 32.0 cm³/mol. The number of rotatable bonds is 2. The van der Waals surface area contributed by atoms with Crippen LogP contribution in [0.25, 0.3) is 0 Å². The molecule has 0 amide bonds. The maximum atomic E-state index is 8.80. The number of aliphatic hydroxyl groups is 2. The summed E-state index contributed by atoms with van der Waals surface area (Å²) in [5.41, 5.74) is 0. The Morgan fingerprint density at radius 1 is 1.62 bits per heavy atom. The summed E-state index contributed by atoms with van der Waals surface area (Å²) in [6, 6.07) is 0. The third-order valence-corrected chi connectivity index (χ3v) is 1.37. The first-order valence-electron chi connectivity index (χ1n) is 2.72. The van der Waals surface area contributed by atoms with Gasteiger partial charge in [0.1, 0.15) is 0 Å². The Bertz CT molecular complexity index is 63.4. The fourth-order valence-corrected chi connectivity index (χ4v) is 0.273. The SMILES string of the molecule is [CH2]CC(C)C(C)(O)O. The second-order valence-corrected chi connectivity index (χ2v) is 2.28. The highest BCUT2D eigenvalue weighted by molar-refractivity contribution is 4.66. The van der Waals surface area contributed by atoms with Crippen molar-refractivity contribution in [2.45, 2.75) is 26.1 Å². The number of hydrogen-bond acceptors (Lipinski definition) is 2. The van der Waals surface area contributed by atoms with E-state index in [1.165, 1.54) is 6.92 Å². The van der Waals surface area contributed by atoms with E-state index in [9.17, 15) is 0 Å². The molecule has 0 aliphatic heterocycles. The largest absolute Gasteiger partial charge is 0.366 e. The molecule has 0 aromatic rings. The van der Waals surface area contributed by atoms with E-state index in [1.807, 2.05) is 0 Å². The molecule has 1 atom stereocenters. The van der Waals surface area contributed by atoms with E-state index in [0.29, 0.717) is 6.42 Å². The molecule has 0 fully saturated rings. The summed E-state index contributed by atoms with van der Waals surface area (Å²) in [6.07, 6.45) is 0.545. The summed E-state index contributed by atoms with van der Waals surface area (Å²) in [5.74, 6) is -1.70. The van der Waals surface area contributed by atoms with E-state index >= 15 is 0 Å². The van der Waals surface area contributed by atoms with E-state index in [1.54, 1.807) is 6.92 Å². The van der Waals surface area contributed by atoms with Gasteiger partial charge in [-0.05, 0) is 13.3 Å². The third kappa shape index (κ3) is 2.28. The standard InChI is InChI=1S/C6H13O2/c1-4-5(2)6(3,7)8/h5,7-8H,1,4H2,2-3H3. The van der Waals surface area contributed by atoms with Gasteiger partial charge in [0.05, 0.1) is 0 Å². The normalized spacial score (nSPS) is 16.1. The van der Waals surface area contributed by atoms with E-state index in [0.717, 1.165) is 0 Å². The molecule has 0 aromatic heterocycles. The van der Waals surface area contributed by atoms with E-state index in [-0.39, 0.29) is 5.92 Å². The van der Waals surface area contributed by atoms with Crippen LogP contribution in [0, 0.1) is 12.8 Å².